The van der Waals surface area contributed by atoms with Crippen molar-refractivity contribution >= 4 is 11.7 Å². The SMILES string of the molecule is Cc1cc(CN2CCC(n3nccc3NC(=O)CCCc3ccccc3)CC2)n[nH]1. The lowest BCUT2D eigenvalue weighted by molar-refractivity contribution is -0.116. The third-order valence-electron chi connectivity index (χ3n) is 5.70. The second-order valence-electron chi connectivity index (χ2n) is 8.10. The first-order valence-corrected chi connectivity index (χ1v) is 10.8. The number of benzene rings is 1. The van der Waals surface area contributed by atoms with Crippen LogP contribution in [0.25, 0.3) is 0 Å². The molecule has 0 spiro atoms. The van der Waals surface area contributed by atoms with Gasteiger partial charge in [0, 0.05) is 37.8 Å². The van der Waals surface area contributed by atoms with E-state index >= 15 is 0 Å². The summed E-state index contributed by atoms with van der Waals surface area (Å²) in [4.78, 5) is 14.9. The van der Waals surface area contributed by atoms with Crippen LogP contribution >= 0.6 is 0 Å². The van der Waals surface area contributed by atoms with Gasteiger partial charge in [-0.3, -0.25) is 14.8 Å². The standard InChI is InChI=1S/C23H30N6O/c1-18-16-20(27-26-18)17-28-14-11-21(12-15-28)29-22(10-13-24-29)25-23(30)9-5-8-19-6-3-2-4-7-19/h2-4,6-7,10,13,16,21H,5,8-9,11-12,14-15,17H2,1H3,(H,25,30)(H,26,27). The van der Waals surface area contributed by atoms with E-state index in [4.69, 9.17) is 0 Å². The van der Waals surface area contributed by atoms with Gasteiger partial charge in [0.15, 0.2) is 0 Å². The minimum Gasteiger partial charge on any atom is -0.311 e. The van der Waals surface area contributed by atoms with E-state index in [0.717, 1.165) is 62.5 Å². The summed E-state index contributed by atoms with van der Waals surface area (Å²) in [7, 11) is 0. The van der Waals surface area contributed by atoms with E-state index in [-0.39, 0.29) is 5.91 Å². The van der Waals surface area contributed by atoms with E-state index in [1.54, 1.807) is 6.20 Å². The number of carbonyl (C=O) groups is 1. The van der Waals surface area contributed by atoms with Crippen LogP contribution in [0.4, 0.5) is 5.82 Å². The van der Waals surface area contributed by atoms with Crippen LogP contribution in [0, 0.1) is 6.92 Å². The highest BCUT2D eigenvalue weighted by Crippen LogP contribution is 2.26. The molecule has 0 bridgehead atoms. The number of amides is 1. The molecule has 0 atom stereocenters. The smallest absolute Gasteiger partial charge is 0.225 e. The minimum atomic E-state index is 0.0546. The predicted octanol–water partition coefficient (Wildman–Crippen LogP) is 3.71. The van der Waals surface area contributed by atoms with Gasteiger partial charge in [-0.15, -0.1) is 0 Å². The van der Waals surface area contributed by atoms with Crippen molar-refractivity contribution in [2.45, 2.75) is 51.6 Å². The third-order valence-corrected chi connectivity index (χ3v) is 5.70. The van der Waals surface area contributed by atoms with Crippen molar-refractivity contribution in [3.8, 4) is 0 Å². The zero-order valence-electron chi connectivity index (χ0n) is 17.6. The van der Waals surface area contributed by atoms with Gasteiger partial charge in [0.25, 0.3) is 0 Å². The second kappa shape index (κ2) is 9.71. The van der Waals surface area contributed by atoms with Crippen molar-refractivity contribution in [2.75, 3.05) is 18.4 Å². The van der Waals surface area contributed by atoms with Crippen LogP contribution in [0.1, 0.15) is 48.7 Å². The summed E-state index contributed by atoms with van der Waals surface area (Å²) in [6, 6.07) is 14.6. The zero-order chi connectivity index (χ0) is 20.8. The Balaban J connectivity index is 1.24. The maximum Gasteiger partial charge on any atom is 0.225 e. The molecule has 1 aliphatic heterocycles. The molecule has 158 valence electrons. The molecule has 0 aliphatic carbocycles. The second-order valence-corrected chi connectivity index (χ2v) is 8.10. The minimum absolute atomic E-state index is 0.0546. The topological polar surface area (TPSA) is 78.8 Å². The summed E-state index contributed by atoms with van der Waals surface area (Å²) in [6.45, 7) is 4.90. The van der Waals surface area contributed by atoms with Crippen molar-refractivity contribution in [2.24, 2.45) is 0 Å². The maximum atomic E-state index is 12.4. The van der Waals surface area contributed by atoms with Gasteiger partial charge in [0.1, 0.15) is 5.82 Å². The molecule has 7 heteroatoms. The summed E-state index contributed by atoms with van der Waals surface area (Å²) in [5, 5.41) is 14.9. The molecular weight excluding hydrogens is 376 g/mol. The Morgan fingerprint density at radius 1 is 1.20 bits per heavy atom. The number of H-pyrrole nitrogens is 1. The lowest BCUT2D eigenvalue weighted by Crippen LogP contribution is -2.35. The Morgan fingerprint density at radius 2 is 2.00 bits per heavy atom. The Morgan fingerprint density at radius 3 is 2.73 bits per heavy atom. The van der Waals surface area contributed by atoms with Gasteiger partial charge in [-0.2, -0.15) is 10.2 Å². The number of nitrogens with zero attached hydrogens (tertiary/aromatic N) is 4. The molecule has 2 aromatic heterocycles. The molecule has 1 aromatic carbocycles. The monoisotopic (exact) mass is 406 g/mol. The Labute approximate surface area is 177 Å². The highest BCUT2D eigenvalue weighted by atomic mass is 16.1. The lowest BCUT2D eigenvalue weighted by atomic mass is 10.0. The number of aryl methyl sites for hydroxylation is 2. The van der Waals surface area contributed by atoms with E-state index in [2.05, 4.69) is 43.7 Å². The van der Waals surface area contributed by atoms with Gasteiger partial charge in [-0.1, -0.05) is 30.3 Å². The highest BCUT2D eigenvalue weighted by Gasteiger charge is 2.23. The largest absolute Gasteiger partial charge is 0.311 e. The summed E-state index contributed by atoms with van der Waals surface area (Å²) in [6.07, 6.45) is 6.08. The molecule has 1 amide bonds. The van der Waals surface area contributed by atoms with Crippen LogP contribution in [-0.4, -0.2) is 43.9 Å². The van der Waals surface area contributed by atoms with Crippen molar-refractivity contribution in [3.63, 3.8) is 0 Å². The Hall–Kier alpha value is -2.93. The zero-order valence-corrected chi connectivity index (χ0v) is 17.6. The molecule has 30 heavy (non-hydrogen) atoms. The average Bonchev–Trinajstić information content (AvgIpc) is 3.38. The summed E-state index contributed by atoms with van der Waals surface area (Å²) < 4.78 is 1.99. The fourth-order valence-electron chi connectivity index (χ4n) is 4.11. The van der Waals surface area contributed by atoms with Crippen molar-refractivity contribution in [3.05, 3.63) is 65.6 Å². The first-order valence-electron chi connectivity index (χ1n) is 10.8. The number of hydrogen-bond donors (Lipinski definition) is 2. The molecule has 2 N–H and O–H groups in total. The van der Waals surface area contributed by atoms with Crippen molar-refractivity contribution < 1.29 is 4.79 Å². The number of anilines is 1. The molecule has 7 nitrogen and oxygen atoms in total. The van der Waals surface area contributed by atoms with Crippen LogP contribution in [0.15, 0.2) is 48.7 Å². The summed E-state index contributed by atoms with van der Waals surface area (Å²) >= 11 is 0. The number of likely N-dealkylation sites (tertiary alicyclic amines) is 1. The van der Waals surface area contributed by atoms with Crippen LogP contribution in [0.2, 0.25) is 0 Å². The number of nitrogens with one attached hydrogen (secondary N) is 2. The molecule has 0 unspecified atom stereocenters. The summed E-state index contributed by atoms with van der Waals surface area (Å²) in [5.41, 5.74) is 3.46. The molecule has 4 rings (SSSR count). The summed E-state index contributed by atoms with van der Waals surface area (Å²) in [5.74, 6) is 0.861. The number of hydrogen-bond acceptors (Lipinski definition) is 4. The van der Waals surface area contributed by atoms with Crippen LogP contribution < -0.4 is 5.32 Å². The van der Waals surface area contributed by atoms with E-state index < -0.39 is 0 Å². The van der Waals surface area contributed by atoms with Gasteiger partial charge in [-0.05, 0) is 44.2 Å². The van der Waals surface area contributed by atoms with Gasteiger partial charge in [0.2, 0.25) is 5.91 Å². The molecule has 0 saturated carbocycles. The first-order chi connectivity index (χ1) is 14.7. The number of aromatic amines is 1. The van der Waals surface area contributed by atoms with Crippen molar-refractivity contribution in [1.29, 1.82) is 0 Å². The van der Waals surface area contributed by atoms with Crippen LogP contribution in [0.5, 0.6) is 0 Å². The molecular formula is C23H30N6O. The molecule has 0 radical (unpaired) electrons. The van der Waals surface area contributed by atoms with Gasteiger partial charge >= 0.3 is 0 Å². The third kappa shape index (κ3) is 5.36. The van der Waals surface area contributed by atoms with Gasteiger partial charge < -0.3 is 5.32 Å². The Bertz CT molecular complexity index is 940. The fraction of sp³-hybridized carbons (Fsp3) is 0.435. The first kappa shape index (κ1) is 20.3. The number of carbonyl (C=O) groups excluding carboxylic acids is 1. The van der Waals surface area contributed by atoms with Gasteiger partial charge in [0.05, 0.1) is 17.9 Å². The quantitative estimate of drug-likeness (QED) is 0.598. The fourth-order valence-corrected chi connectivity index (χ4v) is 4.11. The average molecular weight is 407 g/mol. The normalized spacial score (nSPS) is 15.4. The Kier molecular flexibility index (Phi) is 6.59. The van der Waals surface area contributed by atoms with Gasteiger partial charge in [-0.25, -0.2) is 4.68 Å². The van der Waals surface area contributed by atoms with E-state index in [9.17, 15) is 4.79 Å². The molecule has 1 fully saturated rings. The van der Waals surface area contributed by atoms with E-state index in [1.165, 1.54) is 5.56 Å². The van der Waals surface area contributed by atoms with E-state index in [1.807, 2.05) is 35.9 Å². The maximum absolute atomic E-state index is 12.4. The predicted molar refractivity (Wildman–Crippen MR) is 117 cm³/mol. The van der Waals surface area contributed by atoms with Crippen LogP contribution in [0.3, 0.4) is 0 Å². The van der Waals surface area contributed by atoms with Crippen molar-refractivity contribution in [1.82, 2.24) is 24.9 Å². The molecule has 3 aromatic rings. The lowest BCUT2D eigenvalue weighted by Gasteiger charge is -2.32. The van der Waals surface area contributed by atoms with Crippen LogP contribution in [-0.2, 0) is 17.8 Å². The molecule has 1 saturated heterocycles. The number of rotatable bonds is 8. The molecule has 1 aliphatic rings. The number of aromatic nitrogens is 4. The molecule has 3 heterocycles. The number of piperidine rings is 1. The van der Waals surface area contributed by atoms with E-state index in [0.29, 0.717) is 12.5 Å². The highest BCUT2D eigenvalue weighted by molar-refractivity contribution is 5.89.